The Hall–Kier alpha value is -1.95. The molecule has 6 nitrogen and oxygen atoms in total. The molecule has 16 heavy (non-hydrogen) atoms. The summed E-state index contributed by atoms with van der Waals surface area (Å²) in [7, 11) is 0. The van der Waals surface area contributed by atoms with Crippen LogP contribution in [0.4, 0.5) is 5.82 Å². The van der Waals surface area contributed by atoms with Gasteiger partial charge in [-0.3, -0.25) is 4.57 Å². The maximum absolute atomic E-state index is 8.95. The number of rotatable bonds is 2. The van der Waals surface area contributed by atoms with E-state index in [1.54, 1.807) is 6.33 Å². The van der Waals surface area contributed by atoms with E-state index in [0.29, 0.717) is 22.9 Å². The Morgan fingerprint density at radius 2 is 2.38 bits per heavy atom. The largest absolute Gasteiger partial charge is 0.396 e. The summed E-state index contributed by atoms with van der Waals surface area (Å²) in [5, 5.41) is 8.95. The number of anilines is 1. The molecule has 0 aromatic carbocycles. The first kappa shape index (κ1) is 9.29. The average molecular weight is 217 g/mol. The van der Waals surface area contributed by atoms with Crippen molar-refractivity contribution < 1.29 is 5.11 Å². The minimum absolute atomic E-state index is 0.204. The van der Waals surface area contributed by atoms with Crippen molar-refractivity contribution >= 4 is 23.2 Å². The molecular formula is C10H11N5O. The Kier molecular flexibility index (Phi) is 1.90. The number of nitrogens with zero attached hydrogens (tertiary/aromatic N) is 4. The lowest BCUT2D eigenvalue weighted by atomic mass is 10.4. The minimum Gasteiger partial charge on any atom is -0.396 e. The van der Waals surface area contributed by atoms with Gasteiger partial charge in [0.1, 0.15) is 12.7 Å². The van der Waals surface area contributed by atoms with Gasteiger partial charge in [0.05, 0.1) is 0 Å². The molecule has 1 aliphatic rings. The van der Waals surface area contributed by atoms with Crippen LogP contribution >= 0.6 is 0 Å². The molecule has 3 N–H and O–H groups in total. The molecule has 1 unspecified atom stereocenters. The number of aliphatic hydroxyl groups excluding tert-OH is 1. The van der Waals surface area contributed by atoms with E-state index in [-0.39, 0.29) is 6.61 Å². The average Bonchev–Trinajstić information content (AvgIpc) is 2.91. The van der Waals surface area contributed by atoms with Crippen molar-refractivity contribution in [2.75, 3.05) is 12.3 Å². The summed E-state index contributed by atoms with van der Waals surface area (Å²) in [6.45, 7) is 0.204. The van der Waals surface area contributed by atoms with E-state index in [1.807, 2.05) is 10.8 Å². The highest BCUT2D eigenvalue weighted by molar-refractivity contribution is 5.82. The van der Waals surface area contributed by atoms with Gasteiger partial charge in [-0.15, -0.1) is 0 Å². The summed E-state index contributed by atoms with van der Waals surface area (Å²) in [6.07, 6.45) is 5.97. The molecule has 0 spiro atoms. The van der Waals surface area contributed by atoms with Crippen molar-refractivity contribution in [2.24, 2.45) is 5.92 Å². The predicted octanol–water partition coefficient (Wildman–Crippen LogP) is 0.262. The molecule has 82 valence electrons. The van der Waals surface area contributed by atoms with Crippen molar-refractivity contribution in [2.45, 2.75) is 6.42 Å². The summed E-state index contributed by atoms with van der Waals surface area (Å²) >= 11 is 0. The van der Waals surface area contributed by atoms with E-state index < -0.39 is 0 Å². The topological polar surface area (TPSA) is 89.9 Å². The number of imidazole rings is 1. The van der Waals surface area contributed by atoms with Crippen molar-refractivity contribution in [1.82, 2.24) is 19.5 Å². The smallest absolute Gasteiger partial charge is 0.169 e. The van der Waals surface area contributed by atoms with Gasteiger partial charge < -0.3 is 10.8 Å². The Morgan fingerprint density at radius 3 is 3.12 bits per heavy atom. The fourth-order valence-electron chi connectivity index (χ4n) is 1.71. The highest BCUT2D eigenvalue weighted by Crippen LogP contribution is 2.37. The van der Waals surface area contributed by atoms with Crippen LogP contribution in [0.5, 0.6) is 0 Å². The van der Waals surface area contributed by atoms with Gasteiger partial charge >= 0.3 is 0 Å². The highest BCUT2D eigenvalue weighted by atomic mass is 16.3. The number of aromatic nitrogens is 4. The third kappa shape index (κ3) is 1.35. The predicted molar refractivity (Wildman–Crippen MR) is 59.2 cm³/mol. The van der Waals surface area contributed by atoms with E-state index in [2.05, 4.69) is 15.0 Å². The van der Waals surface area contributed by atoms with Gasteiger partial charge in [-0.25, -0.2) is 15.0 Å². The molecule has 0 bridgehead atoms. The zero-order chi connectivity index (χ0) is 11.1. The van der Waals surface area contributed by atoms with Gasteiger partial charge in [-0.05, 0) is 12.0 Å². The monoisotopic (exact) mass is 217 g/mol. The maximum Gasteiger partial charge on any atom is 0.169 e. The van der Waals surface area contributed by atoms with Gasteiger partial charge in [0.15, 0.2) is 17.0 Å². The van der Waals surface area contributed by atoms with Crippen LogP contribution in [0.1, 0.15) is 6.42 Å². The van der Waals surface area contributed by atoms with Gasteiger partial charge in [0.2, 0.25) is 0 Å². The van der Waals surface area contributed by atoms with E-state index in [9.17, 15) is 0 Å². The first-order chi connectivity index (χ1) is 7.79. The van der Waals surface area contributed by atoms with E-state index in [0.717, 1.165) is 6.42 Å². The normalized spacial score (nSPS) is 21.8. The Bertz CT molecular complexity index is 574. The highest BCUT2D eigenvalue weighted by Gasteiger charge is 2.28. The third-order valence-electron chi connectivity index (χ3n) is 2.76. The van der Waals surface area contributed by atoms with E-state index >= 15 is 0 Å². The zero-order valence-electron chi connectivity index (χ0n) is 8.54. The van der Waals surface area contributed by atoms with Gasteiger partial charge in [0, 0.05) is 18.7 Å². The number of fused-ring (bicyclic) bond motifs is 1. The zero-order valence-corrected chi connectivity index (χ0v) is 8.54. The van der Waals surface area contributed by atoms with Crippen molar-refractivity contribution in [3.8, 4) is 0 Å². The molecule has 2 heterocycles. The molecule has 3 rings (SSSR count). The van der Waals surface area contributed by atoms with Gasteiger partial charge in [-0.1, -0.05) is 0 Å². The summed E-state index contributed by atoms with van der Waals surface area (Å²) in [4.78, 5) is 12.2. The standard InChI is InChI=1S/C10H11N5O/c11-9-8-10(13-4-12-9)15(5-14-8)2-6-1-7(6)3-16/h2,4-5,7,16H,1,3H2,(H2,11,12,13). The Balaban J connectivity index is 2.06. The summed E-state index contributed by atoms with van der Waals surface area (Å²) in [5.41, 5.74) is 8.20. The first-order valence-corrected chi connectivity index (χ1v) is 5.04. The molecule has 1 aliphatic carbocycles. The molecule has 6 heteroatoms. The Labute approximate surface area is 91.5 Å². The van der Waals surface area contributed by atoms with Crippen LogP contribution in [-0.4, -0.2) is 31.2 Å². The Morgan fingerprint density at radius 1 is 1.50 bits per heavy atom. The van der Waals surface area contributed by atoms with Crippen LogP contribution in [0, 0.1) is 5.92 Å². The molecule has 2 aromatic rings. The molecule has 1 atom stereocenters. The number of hydrogen-bond acceptors (Lipinski definition) is 5. The molecule has 0 amide bonds. The number of aliphatic hydroxyl groups is 1. The molecule has 1 saturated carbocycles. The van der Waals surface area contributed by atoms with Crippen molar-refractivity contribution in [3.63, 3.8) is 0 Å². The lowest BCUT2D eigenvalue weighted by molar-refractivity contribution is 0.281. The lowest BCUT2D eigenvalue weighted by Crippen LogP contribution is -1.94. The summed E-state index contributed by atoms with van der Waals surface area (Å²) in [6, 6.07) is 0. The molecule has 0 saturated heterocycles. The number of nitrogen functional groups attached to an aromatic ring is 1. The quantitative estimate of drug-likeness (QED) is 0.753. The van der Waals surface area contributed by atoms with Crippen LogP contribution in [0.3, 0.4) is 0 Å². The summed E-state index contributed by atoms with van der Waals surface area (Å²) in [5.74, 6) is 0.688. The van der Waals surface area contributed by atoms with Crippen LogP contribution < -0.4 is 5.73 Å². The lowest BCUT2D eigenvalue weighted by Gasteiger charge is -1.95. The molecule has 1 fully saturated rings. The van der Waals surface area contributed by atoms with Crippen molar-refractivity contribution in [3.05, 3.63) is 18.2 Å². The second-order valence-electron chi connectivity index (χ2n) is 3.87. The molecular weight excluding hydrogens is 206 g/mol. The fraction of sp³-hybridized carbons (Fsp3) is 0.300. The van der Waals surface area contributed by atoms with E-state index in [1.165, 1.54) is 11.9 Å². The number of hydrogen-bond donors (Lipinski definition) is 2. The number of nitrogens with two attached hydrogens (primary N) is 1. The van der Waals surface area contributed by atoms with E-state index in [4.69, 9.17) is 10.8 Å². The van der Waals surface area contributed by atoms with Gasteiger partial charge in [0.25, 0.3) is 0 Å². The SMILES string of the molecule is Nc1ncnc2c1ncn2C=C1CC1CO. The second-order valence-corrected chi connectivity index (χ2v) is 3.87. The second kappa shape index (κ2) is 3.28. The fourth-order valence-corrected chi connectivity index (χ4v) is 1.71. The van der Waals surface area contributed by atoms with Gasteiger partial charge in [-0.2, -0.15) is 0 Å². The molecule has 2 aromatic heterocycles. The minimum atomic E-state index is 0.204. The van der Waals surface area contributed by atoms with Crippen LogP contribution in [-0.2, 0) is 0 Å². The van der Waals surface area contributed by atoms with Crippen LogP contribution in [0.15, 0.2) is 18.2 Å². The third-order valence-corrected chi connectivity index (χ3v) is 2.76. The summed E-state index contributed by atoms with van der Waals surface area (Å²) < 4.78 is 1.82. The molecule has 0 aliphatic heterocycles. The maximum atomic E-state index is 8.95. The van der Waals surface area contributed by atoms with Crippen molar-refractivity contribution in [1.29, 1.82) is 0 Å². The van der Waals surface area contributed by atoms with Crippen LogP contribution in [0.2, 0.25) is 0 Å². The first-order valence-electron chi connectivity index (χ1n) is 5.04. The van der Waals surface area contributed by atoms with Crippen LogP contribution in [0.25, 0.3) is 17.4 Å². The molecule has 0 radical (unpaired) electrons.